The maximum Gasteiger partial charge on any atom is 0.215 e. The van der Waals surface area contributed by atoms with Crippen LogP contribution in [-0.2, 0) is 0 Å². The van der Waals surface area contributed by atoms with Crippen molar-refractivity contribution >= 4 is 5.82 Å². The molecule has 1 heterocycles. The van der Waals surface area contributed by atoms with Gasteiger partial charge in [0.25, 0.3) is 0 Å². The topological polar surface area (TPSA) is 54.4 Å². The van der Waals surface area contributed by atoms with Gasteiger partial charge < -0.3 is 15.2 Å². The van der Waals surface area contributed by atoms with Crippen LogP contribution in [-0.4, -0.2) is 29.3 Å². The van der Waals surface area contributed by atoms with Crippen molar-refractivity contribution in [2.45, 2.75) is 32.8 Å². The highest BCUT2D eigenvalue weighted by Crippen LogP contribution is 2.11. The van der Waals surface area contributed by atoms with E-state index in [2.05, 4.69) is 10.3 Å². The highest BCUT2D eigenvalue weighted by Gasteiger charge is 1.98. The molecule has 1 rings (SSSR count). The maximum absolute atomic E-state index is 9.10. The number of hydrogen-bond acceptors (Lipinski definition) is 4. The zero-order chi connectivity index (χ0) is 11.8. The van der Waals surface area contributed by atoms with Crippen molar-refractivity contribution in [2.24, 2.45) is 0 Å². The summed E-state index contributed by atoms with van der Waals surface area (Å²) in [5.41, 5.74) is 0. The van der Waals surface area contributed by atoms with E-state index in [-0.39, 0.29) is 6.10 Å². The van der Waals surface area contributed by atoms with Crippen LogP contribution in [0.5, 0.6) is 5.88 Å². The maximum atomic E-state index is 9.10. The number of aliphatic hydroxyl groups is 1. The van der Waals surface area contributed by atoms with Crippen molar-refractivity contribution in [3.8, 4) is 5.88 Å². The van der Waals surface area contributed by atoms with E-state index in [4.69, 9.17) is 9.84 Å². The van der Waals surface area contributed by atoms with Gasteiger partial charge in [0.15, 0.2) is 0 Å². The highest BCUT2D eigenvalue weighted by molar-refractivity contribution is 5.36. The second-order valence-corrected chi connectivity index (χ2v) is 3.71. The summed E-state index contributed by atoms with van der Waals surface area (Å²) in [7, 11) is 0. The van der Waals surface area contributed by atoms with Crippen molar-refractivity contribution in [3.63, 3.8) is 0 Å². The molecule has 0 aliphatic rings. The molecule has 0 saturated heterocycles. The van der Waals surface area contributed by atoms with Crippen LogP contribution in [0.2, 0.25) is 0 Å². The van der Waals surface area contributed by atoms with Crippen LogP contribution in [0.1, 0.15) is 26.7 Å². The average Bonchev–Trinajstić information content (AvgIpc) is 2.25. The number of ether oxygens (including phenoxy) is 1. The quantitative estimate of drug-likeness (QED) is 0.696. The summed E-state index contributed by atoms with van der Waals surface area (Å²) >= 11 is 0. The molecule has 0 radical (unpaired) electrons. The minimum atomic E-state index is -0.232. The molecule has 0 bridgehead atoms. The molecule has 0 aromatic carbocycles. The van der Waals surface area contributed by atoms with E-state index in [0.29, 0.717) is 12.5 Å². The first-order valence-corrected chi connectivity index (χ1v) is 5.74. The molecular formula is C12H20N2O2. The van der Waals surface area contributed by atoms with Gasteiger partial charge >= 0.3 is 0 Å². The van der Waals surface area contributed by atoms with E-state index < -0.39 is 0 Å². The molecule has 4 heteroatoms. The molecule has 0 aliphatic heterocycles. The Morgan fingerprint density at radius 3 is 3.00 bits per heavy atom. The SMILES string of the molecule is CCOc1cccc(NCCCC(C)O)n1. The molecule has 1 atom stereocenters. The Morgan fingerprint density at radius 2 is 2.31 bits per heavy atom. The van der Waals surface area contributed by atoms with Crippen LogP contribution in [0.3, 0.4) is 0 Å². The molecule has 0 saturated carbocycles. The summed E-state index contributed by atoms with van der Waals surface area (Å²) in [5, 5.41) is 12.3. The fourth-order valence-corrected chi connectivity index (χ4v) is 1.36. The standard InChI is InChI=1S/C12H20N2O2/c1-3-16-12-8-4-7-11(14-12)13-9-5-6-10(2)15/h4,7-8,10,15H,3,5-6,9H2,1-2H3,(H,13,14). The fourth-order valence-electron chi connectivity index (χ4n) is 1.36. The predicted molar refractivity (Wildman–Crippen MR) is 64.8 cm³/mol. The van der Waals surface area contributed by atoms with Gasteiger partial charge in [-0.15, -0.1) is 0 Å². The first-order chi connectivity index (χ1) is 7.72. The summed E-state index contributed by atoms with van der Waals surface area (Å²) < 4.78 is 5.30. The van der Waals surface area contributed by atoms with Gasteiger partial charge in [0, 0.05) is 12.6 Å². The lowest BCUT2D eigenvalue weighted by Crippen LogP contribution is -2.07. The summed E-state index contributed by atoms with van der Waals surface area (Å²) in [6.45, 7) is 5.17. The number of aromatic nitrogens is 1. The first kappa shape index (κ1) is 12.8. The monoisotopic (exact) mass is 224 g/mol. The van der Waals surface area contributed by atoms with Crippen molar-refractivity contribution in [3.05, 3.63) is 18.2 Å². The van der Waals surface area contributed by atoms with Gasteiger partial charge in [-0.3, -0.25) is 0 Å². The molecule has 1 aromatic rings. The summed E-state index contributed by atoms with van der Waals surface area (Å²) in [4.78, 5) is 4.28. The number of pyridine rings is 1. The number of nitrogens with zero attached hydrogens (tertiary/aromatic N) is 1. The third kappa shape index (κ3) is 4.98. The molecule has 2 N–H and O–H groups in total. The molecule has 0 aliphatic carbocycles. The predicted octanol–water partition coefficient (Wildman–Crippen LogP) is 2.05. The second kappa shape index (κ2) is 7.06. The van der Waals surface area contributed by atoms with E-state index in [1.54, 1.807) is 6.92 Å². The molecule has 1 aromatic heterocycles. The van der Waals surface area contributed by atoms with Gasteiger partial charge in [0.05, 0.1) is 12.7 Å². The first-order valence-electron chi connectivity index (χ1n) is 5.74. The van der Waals surface area contributed by atoms with Crippen LogP contribution >= 0.6 is 0 Å². The number of hydrogen-bond donors (Lipinski definition) is 2. The third-order valence-electron chi connectivity index (χ3n) is 2.12. The highest BCUT2D eigenvalue weighted by atomic mass is 16.5. The van der Waals surface area contributed by atoms with Crippen molar-refractivity contribution in [2.75, 3.05) is 18.5 Å². The zero-order valence-electron chi connectivity index (χ0n) is 9.94. The Kier molecular flexibility index (Phi) is 5.64. The van der Waals surface area contributed by atoms with E-state index in [9.17, 15) is 0 Å². The Morgan fingerprint density at radius 1 is 1.50 bits per heavy atom. The summed E-state index contributed by atoms with van der Waals surface area (Å²) in [6, 6.07) is 5.66. The number of anilines is 1. The molecule has 16 heavy (non-hydrogen) atoms. The lowest BCUT2D eigenvalue weighted by Gasteiger charge is -2.08. The lowest BCUT2D eigenvalue weighted by molar-refractivity contribution is 0.183. The molecule has 90 valence electrons. The number of aliphatic hydroxyl groups excluding tert-OH is 1. The largest absolute Gasteiger partial charge is 0.478 e. The van der Waals surface area contributed by atoms with Gasteiger partial charge in [-0.1, -0.05) is 6.07 Å². The van der Waals surface area contributed by atoms with Crippen LogP contribution < -0.4 is 10.1 Å². The zero-order valence-corrected chi connectivity index (χ0v) is 9.94. The van der Waals surface area contributed by atoms with Crippen LogP contribution in [0.25, 0.3) is 0 Å². The average molecular weight is 224 g/mol. The van der Waals surface area contributed by atoms with E-state index in [0.717, 1.165) is 25.2 Å². The Balaban J connectivity index is 2.33. The van der Waals surface area contributed by atoms with Gasteiger partial charge in [0.1, 0.15) is 5.82 Å². The smallest absolute Gasteiger partial charge is 0.215 e. The van der Waals surface area contributed by atoms with Crippen LogP contribution in [0.4, 0.5) is 5.82 Å². The van der Waals surface area contributed by atoms with E-state index in [1.807, 2.05) is 25.1 Å². The molecule has 0 fully saturated rings. The molecule has 4 nitrogen and oxygen atoms in total. The third-order valence-corrected chi connectivity index (χ3v) is 2.12. The van der Waals surface area contributed by atoms with Crippen LogP contribution in [0.15, 0.2) is 18.2 Å². The van der Waals surface area contributed by atoms with Crippen molar-refractivity contribution in [1.29, 1.82) is 0 Å². The normalized spacial score (nSPS) is 12.2. The van der Waals surface area contributed by atoms with Gasteiger partial charge in [0.2, 0.25) is 5.88 Å². The molecular weight excluding hydrogens is 204 g/mol. The van der Waals surface area contributed by atoms with E-state index >= 15 is 0 Å². The van der Waals surface area contributed by atoms with Gasteiger partial charge in [-0.05, 0) is 32.8 Å². The molecule has 0 spiro atoms. The fraction of sp³-hybridized carbons (Fsp3) is 0.583. The molecule has 0 amide bonds. The number of nitrogens with one attached hydrogen (secondary N) is 1. The van der Waals surface area contributed by atoms with Crippen LogP contribution in [0, 0.1) is 0 Å². The Labute approximate surface area is 96.7 Å². The van der Waals surface area contributed by atoms with Gasteiger partial charge in [-0.25, -0.2) is 0 Å². The van der Waals surface area contributed by atoms with Gasteiger partial charge in [-0.2, -0.15) is 4.98 Å². The Bertz CT molecular complexity index is 303. The minimum Gasteiger partial charge on any atom is -0.478 e. The molecule has 1 unspecified atom stereocenters. The van der Waals surface area contributed by atoms with E-state index in [1.165, 1.54) is 0 Å². The number of rotatable bonds is 7. The van der Waals surface area contributed by atoms with Crippen molar-refractivity contribution < 1.29 is 9.84 Å². The summed E-state index contributed by atoms with van der Waals surface area (Å²) in [5.74, 6) is 1.46. The Hall–Kier alpha value is -1.29. The second-order valence-electron chi connectivity index (χ2n) is 3.71. The lowest BCUT2D eigenvalue weighted by atomic mass is 10.2. The minimum absolute atomic E-state index is 0.232. The van der Waals surface area contributed by atoms with Crippen molar-refractivity contribution in [1.82, 2.24) is 4.98 Å². The summed E-state index contributed by atoms with van der Waals surface area (Å²) in [6.07, 6.45) is 1.50.